The Morgan fingerprint density at radius 2 is 2.28 bits per heavy atom. The van der Waals surface area contributed by atoms with E-state index in [9.17, 15) is 9.59 Å². The number of aromatic nitrogens is 2. The summed E-state index contributed by atoms with van der Waals surface area (Å²) in [5, 5.41) is 2.35. The van der Waals surface area contributed by atoms with Crippen molar-refractivity contribution >= 4 is 23.0 Å². The van der Waals surface area contributed by atoms with Crippen molar-refractivity contribution in [3.8, 4) is 0 Å². The van der Waals surface area contributed by atoms with E-state index in [0.717, 1.165) is 11.1 Å². The molecule has 0 aliphatic carbocycles. The smallest absolute Gasteiger partial charge is 0.234 e. The van der Waals surface area contributed by atoms with Crippen LogP contribution in [-0.2, 0) is 9.59 Å². The fourth-order valence-electron chi connectivity index (χ4n) is 2.28. The monoisotopic (exact) mass is 244 g/mol. The molecule has 0 aromatic carbocycles. The Labute approximate surface area is 103 Å². The third kappa shape index (κ3) is 1.62. The summed E-state index contributed by atoms with van der Waals surface area (Å²) < 4.78 is 1.79. The number of nitrogens with one attached hydrogen (secondary N) is 1. The van der Waals surface area contributed by atoms with Crippen molar-refractivity contribution in [2.24, 2.45) is 0 Å². The quantitative estimate of drug-likeness (QED) is 0.712. The molecule has 0 bridgehead atoms. The summed E-state index contributed by atoms with van der Waals surface area (Å²) in [7, 11) is 0. The number of hydrogen-bond acceptors (Lipinski definition) is 4. The van der Waals surface area contributed by atoms with Crippen molar-refractivity contribution in [3.05, 3.63) is 30.4 Å². The summed E-state index contributed by atoms with van der Waals surface area (Å²) in [6, 6.07) is 1.77. The second-order valence-electron chi connectivity index (χ2n) is 4.42. The fourth-order valence-corrected chi connectivity index (χ4v) is 2.28. The number of imidazole rings is 1. The maximum absolute atomic E-state index is 11.8. The van der Waals surface area contributed by atoms with Gasteiger partial charge in [0.15, 0.2) is 0 Å². The topological polar surface area (TPSA) is 89.5 Å². The van der Waals surface area contributed by atoms with Crippen LogP contribution in [0.25, 0.3) is 5.52 Å². The number of amides is 2. The van der Waals surface area contributed by atoms with Gasteiger partial charge in [-0.2, -0.15) is 0 Å². The minimum atomic E-state index is -0.322. The zero-order valence-electron chi connectivity index (χ0n) is 9.59. The molecule has 2 amide bonds. The zero-order chi connectivity index (χ0) is 12.7. The number of nitrogens with two attached hydrogens (primary N) is 1. The molecule has 3 rings (SSSR count). The van der Waals surface area contributed by atoms with Gasteiger partial charge in [-0.15, -0.1) is 0 Å². The van der Waals surface area contributed by atoms with Gasteiger partial charge in [0.1, 0.15) is 0 Å². The minimum Gasteiger partial charge on any atom is -0.397 e. The molecule has 2 aromatic heterocycles. The first-order valence-corrected chi connectivity index (χ1v) is 5.70. The maximum atomic E-state index is 11.8. The van der Waals surface area contributed by atoms with E-state index < -0.39 is 0 Å². The number of rotatable bonds is 1. The van der Waals surface area contributed by atoms with Crippen LogP contribution in [0.2, 0.25) is 0 Å². The standard InChI is InChI=1S/C12H12N4O2/c13-9-3-7(5-16-6-14-4-10(9)16)8-1-2-11(17)15-12(8)18/h3-6,8H,1-2,13H2,(H,15,17,18). The minimum absolute atomic E-state index is 0.215. The van der Waals surface area contributed by atoms with Crippen LogP contribution in [0.15, 0.2) is 24.8 Å². The van der Waals surface area contributed by atoms with Crippen molar-refractivity contribution in [1.29, 1.82) is 0 Å². The third-order valence-electron chi connectivity index (χ3n) is 3.21. The number of carbonyl (C=O) groups excluding carboxylic acids is 2. The number of anilines is 1. The molecule has 92 valence electrons. The van der Waals surface area contributed by atoms with Crippen molar-refractivity contribution < 1.29 is 9.59 Å². The van der Waals surface area contributed by atoms with Crippen LogP contribution >= 0.6 is 0 Å². The molecule has 2 aromatic rings. The lowest BCUT2D eigenvalue weighted by Gasteiger charge is -2.21. The van der Waals surface area contributed by atoms with Gasteiger partial charge in [0.05, 0.1) is 29.6 Å². The Bertz CT molecular complexity index is 647. The molecule has 1 fully saturated rings. The number of imide groups is 1. The Hall–Kier alpha value is -2.37. The lowest BCUT2D eigenvalue weighted by atomic mass is 9.91. The molecule has 0 radical (unpaired) electrons. The molecule has 1 atom stereocenters. The number of nitrogens with zero attached hydrogens (tertiary/aromatic N) is 2. The lowest BCUT2D eigenvalue weighted by molar-refractivity contribution is -0.134. The molecule has 3 N–H and O–H groups in total. The molecule has 3 heterocycles. The van der Waals surface area contributed by atoms with E-state index >= 15 is 0 Å². The summed E-state index contributed by atoms with van der Waals surface area (Å²) in [6.45, 7) is 0. The SMILES string of the molecule is Nc1cc(C2CCC(=O)NC2=O)cn2cncc12. The first-order valence-electron chi connectivity index (χ1n) is 5.70. The van der Waals surface area contributed by atoms with E-state index in [1.165, 1.54) is 0 Å². The predicted molar refractivity (Wildman–Crippen MR) is 64.7 cm³/mol. The van der Waals surface area contributed by atoms with Crippen LogP contribution in [0.3, 0.4) is 0 Å². The Balaban J connectivity index is 2.03. The van der Waals surface area contributed by atoms with E-state index in [0.29, 0.717) is 18.5 Å². The van der Waals surface area contributed by atoms with Crippen LogP contribution in [0.1, 0.15) is 24.3 Å². The highest BCUT2D eigenvalue weighted by atomic mass is 16.2. The van der Waals surface area contributed by atoms with E-state index in [4.69, 9.17) is 5.73 Å². The molecule has 1 aliphatic rings. The van der Waals surface area contributed by atoms with Gasteiger partial charge >= 0.3 is 0 Å². The zero-order valence-corrected chi connectivity index (χ0v) is 9.59. The van der Waals surface area contributed by atoms with Crippen LogP contribution in [0.5, 0.6) is 0 Å². The van der Waals surface area contributed by atoms with Crippen molar-refractivity contribution in [3.63, 3.8) is 0 Å². The predicted octanol–water partition coefficient (Wildman–Crippen LogP) is 0.437. The lowest BCUT2D eigenvalue weighted by Crippen LogP contribution is -2.39. The van der Waals surface area contributed by atoms with Crippen LogP contribution in [0.4, 0.5) is 5.69 Å². The normalized spacial score (nSPS) is 20.1. The van der Waals surface area contributed by atoms with Crippen LogP contribution < -0.4 is 11.1 Å². The Kier molecular flexibility index (Phi) is 2.29. The van der Waals surface area contributed by atoms with Gasteiger partial charge in [0.2, 0.25) is 11.8 Å². The largest absolute Gasteiger partial charge is 0.397 e. The number of pyridine rings is 1. The second kappa shape index (κ2) is 3.83. The average molecular weight is 244 g/mol. The highest BCUT2D eigenvalue weighted by Gasteiger charge is 2.28. The number of hydrogen-bond donors (Lipinski definition) is 2. The fraction of sp³-hybridized carbons (Fsp3) is 0.250. The van der Waals surface area contributed by atoms with Crippen LogP contribution in [-0.4, -0.2) is 21.2 Å². The third-order valence-corrected chi connectivity index (χ3v) is 3.21. The number of carbonyl (C=O) groups is 2. The molecule has 0 spiro atoms. The Morgan fingerprint density at radius 1 is 1.44 bits per heavy atom. The van der Waals surface area contributed by atoms with Gasteiger partial charge in [-0.25, -0.2) is 4.98 Å². The van der Waals surface area contributed by atoms with Crippen molar-refractivity contribution in [2.75, 3.05) is 5.73 Å². The van der Waals surface area contributed by atoms with E-state index in [2.05, 4.69) is 10.3 Å². The summed E-state index contributed by atoms with van der Waals surface area (Å²) in [4.78, 5) is 26.9. The van der Waals surface area contributed by atoms with Gasteiger partial charge < -0.3 is 10.1 Å². The highest BCUT2D eigenvalue weighted by molar-refractivity contribution is 6.01. The molecule has 6 heteroatoms. The van der Waals surface area contributed by atoms with Gasteiger partial charge in [0.25, 0.3) is 0 Å². The molecule has 1 saturated heterocycles. The second-order valence-corrected chi connectivity index (χ2v) is 4.42. The summed E-state index contributed by atoms with van der Waals surface area (Å²) in [5.41, 5.74) is 8.12. The number of fused-ring (bicyclic) bond motifs is 1. The van der Waals surface area contributed by atoms with Gasteiger partial charge in [-0.05, 0) is 18.1 Å². The molecule has 18 heavy (non-hydrogen) atoms. The molecular weight excluding hydrogens is 232 g/mol. The van der Waals surface area contributed by atoms with Crippen LogP contribution in [0, 0.1) is 0 Å². The average Bonchev–Trinajstić information content (AvgIpc) is 2.77. The van der Waals surface area contributed by atoms with Gasteiger partial charge in [-0.1, -0.05) is 0 Å². The molecule has 6 nitrogen and oxygen atoms in total. The number of nitrogen functional groups attached to an aromatic ring is 1. The van der Waals surface area contributed by atoms with Crippen molar-refractivity contribution in [1.82, 2.24) is 14.7 Å². The molecule has 1 aliphatic heterocycles. The first kappa shape index (κ1) is 10.8. The summed E-state index contributed by atoms with van der Waals surface area (Å²) in [5.74, 6) is -0.796. The highest BCUT2D eigenvalue weighted by Crippen LogP contribution is 2.27. The van der Waals surface area contributed by atoms with E-state index in [1.807, 2.05) is 6.20 Å². The molecule has 0 saturated carbocycles. The van der Waals surface area contributed by atoms with E-state index in [-0.39, 0.29) is 17.7 Å². The van der Waals surface area contributed by atoms with Crippen molar-refractivity contribution in [2.45, 2.75) is 18.8 Å². The molecular formula is C12H12N4O2. The maximum Gasteiger partial charge on any atom is 0.234 e. The first-order chi connectivity index (χ1) is 8.65. The van der Waals surface area contributed by atoms with Gasteiger partial charge in [0, 0.05) is 12.6 Å². The summed E-state index contributed by atoms with van der Waals surface area (Å²) in [6.07, 6.45) is 6.02. The van der Waals surface area contributed by atoms with Gasteiger partial charge in [-0.3, -0.25) is 14.9 Å². The molecule has 1 unspecified atom stereocenters. The Morgan fingerprint density at radius 3 is 3.06 bits per heavy atom. The summed E-state index contributed by atoms with van der Waals surface area (Å²) >= 11 is 0. The number of piperidine rings is 1. The van der Waals surface area contributed by atoms with E-state index in [1.54, 1.807) is 23.0 Å².